The van der Waals surface area contributed by atoms with Crippen molar-refractivity contribution in [3.05, 3.63) is 71.4 Å². The Morgan fingerprint density at radius 2 is 1.88 bits per heavy atom. The fourth-order valence-corrected chi connectivity index (χ4v) is 2.66. The van der Waals surface area contributed by atoms with Crippen LogP contribution in [0.2, 0.25) is 0 Å². The number of aromatic nitrogens is 2. The summed E-state index contributed by atoms with van der Waals surface area (Å²) in [4.78, 5) is 4.50. The Kier molecular flexibility index (Phi) is 5.86. The second kappa shape index (κ2) is 8.49. The molecule has 1 N–H and O–H groups in total. The van der Waals surface area contributed by atoms with E-state index >= 15 is 0 Å². The lowest BCUT2D eigenvalue weighted by atomic mass is 10.1. The highest BCUT2D eigenvalue weighted by Crippen LogP contribution is 2.24. The predicted octanol–water partition coefficient (Wildman–Crippen LogP) is 3.53. The molecule has 0 amide bonds. The van der Waals surface area contributed by atoms with E-state index in [0.717, 1.165) is 22.6 Å². The third-order valence-electron chi connectivity index (χ3n) is 4.15. The van der Waals surface area contributed by atoms with Gasteiger partial charge in [0.25, 0.3) is 0 Å². The maximum atomic E-state index is 5.41. The van der Waals surface area contributed by atoms with Crippen molar-refractivity contribution >= 4 is 0 Å². The number of nitrogens with zero attached hydrogens (tertiary/aromatic N) is 2. The first-order valence-electron chi connectivity index (χ1n) is 8.50. The van der Waals surface area contributed by atoms with Gasteiger partial charge in [-0.1, -0.05) is 35.5 Å². The van der Waals surface area contributed by atoms with Crippen LogP contribution in [0.3, 0.4) is 0 Å². The number of benzene rings is 2. The van der Waals surface area contributed by atoms with E-state index in [1.54, 1.807) is 14.2 Å². The molecule has 2 aromatic carbocycles. The number of ether oxygens (including phenoxy) is 2. The Hall–Kier alpha value is -2.86. The second-order valence-electron chi connectivity index (χ2n) is 5.99. The summed E-state index contributed by atoms with van der Waals surface area (Å²) in [6.07, 6.45) is 0.654. The number of hydrogen-bond acceptors (Lipinski definition) is 6. The summed E-state index contributed by atoms with van der Waals surface area (Å²) in [7, 11) is 3.30. The van der Waals surface area contributed by atoms with Gasteiger partial charge >= 0.3 is 0 Å². The molecule has 1 aromatic heterocycles. The van der Waals surface area contributed by atoms with Crippen molar-refractivity contribution in [1.82, 2.24) is 15.5 Å². The molecule has 3 aromatic rings. The molecule has 1 atom stereocenters. The van der Waals surface area contributed by atoms with E-state index in [1.165, 1.54) is 0 Å². The van der Waals surface area contributed by atoms with Crippen LogP contribution in [0.5, 0.6) is 11.5 Å². The number of rotatable bonds is 8. The Bertz CT molecular complexity index is 833. The highest BCUT2D eigenvalue weighted by Gasteiger charge is 2.15. The van der Waals surface area contributed by atoms with E-state index in [0.29, 0.717) is 24.7 Å². The van der Waals surface area contributed by atoms with Crippen LogP contribution in [0, 0.1) is 0 Å². The molecule has 0 bridgehead atoms. The fraction of sp³-hybridized carbons (Fsp3) is 0.300. The molecule has 1 unspecified atom stereocenters. The molecule has 0 aliphatic rings. The molecule has 6 nitrogen and oxygen atoms in total. The molecule has 6 heteroatoms. The van der Waals surface area contributed by atoms with Gasteiger partial charge in [-0.25, -0.2) is 0 Å². The summed E-state index contributed by atoms with van der Waals surface area (Å²) in [5, 5.41) is 7.46. The monoisotopic (exact) mass is 353 g/mol. The molecule has 0 radical (unpaired) electrons. The Labute approximate surface area is 153 Å². The molecule has 0 spiro atoms. The maximum absolute atomic E-state index is 5.41. The summed E-state index contributed by atoms with van der Waals surface area (Å²) in [5.41, 5.74) is 2.16. The summed E-state index contributed by atoms with van der Waals surface area (Å²) < 4.78 is 16.1. The van der Waals surface area contributed by atoms with Gasteiger partial charge in [0.05, 0.1) is 20.3 Å². The smallest absolute Gasteiger partial charge is 0.243 e. The Balaban J connectivity index is 1.63. The quantitative estimate of drug-likeness (QED) is 0.668. The lowest BCUT2D eigenvalue weighted by Gasteiger charge is -2.13. The third kappa shape index (κ3) is 4.40. The van der Waals surface area contributed by atoms with E-state index in [9.17, 15) is 0 Å². The molecule has 0 saturated heterocycles. The van der Waals surface area contributed by atoms with E-state index < -0.39 is 0 Å². The molecule has 0 aliphatic heterocycles. The van der Waals surface area contributed by atoms with E-state index in [2.05, 4.69) is 15.5 Å². The van der Waals surface area contributed by atoms with Gasteiger partial charge in [0.1, 0.15) is 11.5 Å². The predicted molar refractivity (Wildman–Crippen MR) is 98.3 cm³/mol. The molecule has 0 aliphatic carbocycles. The average Bonchev–Trinajstić information content (AvgIpc) is 3.15. The van der Waals surface area contributed by atoms with Gasteiger partial charge in [-0.2, -0.15) is 4.98 Å². The lowest BCUT2D eigenvalue weighted by molar-refractivity contribution is 0.334. The van der Waals surface area contributed by atoms with Gasteiger partial charge in [0.2, 0.25) is 5.89 Å². The molecule has 3 rings (SSSR count). The molecule has 0 saturated carbocycles. The highest BCUT2D eigenvalue weighted by atomic mass is 16.5. The number of nitrogens with one attached hydrogen (secondary N) is 1. The summed E-state index contributed by atoms with van der Waals surface area (Å²) in [6.45, 7) is 2.59. The molecule has 1 heterocycles. The van der Waals surface area contributed by atoms with Gasteiger partial charge in [0.15, 0.2) is 5.82 Å². The molecule has 136 valence electrons. The first-order valence-corrected chi connectivity index (χ1v) is 8.50. The van der Waals surface area contributed by atoms with Crippen LogP contribution >= 0.6 is 0 Å². The standard InChI is InChI=1S/C20H23N3O3/c1-14(21-13-16-12-17(24-2)9-10-18(16)25-3)20-22-19(23-26-20)11-15-7-5-4-6-8-15/h4-10,12,14,21H,11,13H2,1-3H3. The Morgan fingerprint density at radius 1 is 1.08 bits per heavy atom. The molecular formula is C20H23N3O3. The topological polar surface area (TPSA) is 69.4 Å². The minimum atomic E-state index is -0.0806. The van der Waals surface area contributed by atoms with Crippen LogP contribution in [-0.2, 0) is 13.0 Å². The largest absolute Gasteiger partial charge is 0.497 e. The summed E-state index contributed by atoms with van der Waals surface area (Å²) in [6, 6.07) is 15.7. The second-order valence-corrected chi connectivity index (χ2v) is 5.99. The van der Waals surface area contributed by atoms with Gasteiger partial charge in [-0.3, -0.25) is 0 Å². The first kappa shape index (κ1) is 17.9. The average molecular weight is 353 g/mol. The van der Waals surface area contributed by atoms with Crippen molar-refractivity contribution in [2.45, 2.75) is 25.9 Å². The van der Waals surface area contributed by atoms with Crippen molar-refractivity contribution in [2.24, 2.45) is 0 Å². The first-order chi connectivity index (χ1) is 12.7. The van der Waals surface area contributed by atoms with Crippen LogP contribution in [0.1, 0.15) is 35.8 Å². The molecular weight excluding hydrogens is 330 g/mol. The van der Waals surface area contributed by atoms with Crippen molar-refractivity contribution in [3.8, 4) is 11.5 Å². The van der Waals surface area contributed by atoms with E-state index in [1.807, 2.05) is 55.5 Å². The van der Waals surface area contributed by atoms with Gasteiger partial charge in [-0.05, 0) is 30.7 Å². The minimum Gasteiger partial charge on any atom is -0.497 e. The Morgan fingerprint density at radius 3 is 2.62 bits per heavy atom. The van der Waals surface area contributed by atoms with Crippen molar-refractivity contribution in [2.75, 3.05) is 14.2 Å². The van der Waals surface area contributed by atoms with Crippen LogP contribution in [-0.4, -0.2) is 24.4 Å². The normalized spacial score (nSPS) is 12.0. The number of methoxy groups -OCH3 is 2. The maximum Gasteiger partial charge on any atom is 0.243 e. The summed E-state index contributed by atoms with van der Waals surface area (Å²) in [5.74, 6) is 2.84. The van der Waals surface area contributed by atoms with Gasteiger partial charge < -0.3 is 19.3 Å². The van der Waals surface area contributed by atoms with Gasteiger partial charge in [-0.15, -0.1) is 0 Å². The zero-order valence-electron chi connectivity index (χ0n) is 15.2. The zero-order valence-corrected chi connectivity index (χ0v) is 15.2. The van der Waals surface area contributed by atoms with Crippen LogP contribution < -0.4 is 14.8 Å². The van der Waals surface area contributed by atoms with E-state index in [-0.39, 0.29) is 6.04 Å². The number of hydrogen-bond donors (Lipinski definition) is 1. The van der Waals surface area contributed by atoms with Crippen molar-refractivity contribution in [3.63, 3.8) is 0 Å². The van der Waals surface area contributed by atoms with Crippen LogP contribution in [0.25, 0.3) is 0 Å². The minimum absolute atomic E-state index is 0.0806. The lowest BCUT2D eigenvalue weighted by Crippen LogP contribution is -2.19. The van der Waals surface area contributed by atoms with Crippen LogP contribution in [0.4, 0.5) is 0 Å². The van der Waals surface area contributed by atoms with Crippen LogP contribution in [0.15, 0.2) is 53.1 Å². The van der Waals surface area contributed by atoms with Crippen molar-refractivity contribution < 1.29 is 14.0 Å². The molecule has 0 fully saturated rings. The highest BCUT2D eigenvalue weighted by molar-refractivity contribution is 5.40. The zero-order chi connectivity index (χ0) is 18.4. The van der Waals surface area contributed by atoms with E-state index in [4.69, 9.17) is 14.0 Å². The van der Waals surface area contributed by atoms with Crippen molar-refractivity contribution in [1.29, 1.82) is 0 Å². The van der Waals surface area contributed by atoms with Gasteiger partial charge in [0, 0.05) is 18.5 Å². The SMILES string of the molecule is COc1ccc(OC)c(CNC(C)c2nc(Cc3ccccc3)no2)c1. The fourth-order valence-electron chi connectivity index (χ4n) is 2.66. The third-order valence-corrected chi connectivity index (χ3v) is 4.15. The summed E-state index contributed by atoms with van der Waals surface area (Å²) >= 11 is 0. The molecule has 26 heavy (non-hydrogen) atoms.